The Hall–Kier alpha value is -0.610. The van der Waals surface area contributed by atoms with Crippen LogP contribution in [0.5, 0.6) is 0 Å². The summed E-state index contributed by atoms with van der Waals surface area (Å²) < 4.78 is 0. The van der Waals surface area contributed by atoms with Gasteiger partial charge in [0.15, 0.2) is 0 Å². The van der Waals surface area contributed by atoms with Crippen LogP contribution in [0.2, 0.25) is 0 Å². The summed E-state index contributed by atoms with van der Waals surface area (Å²) >= 11 is 0. The maximum absolute atomic E-state index is 11.4. The molecule has 1 aliphatic carbocycles. The normalized spacial score (nSPS) is 28.6. The molecule has 1 amide bonds. The number of aliphatic hydroxyl groups excluding tert-OH is 1. The quantitative estimate of drug-likeness (QED) is 0.597. The standard InChI is InChI=1S/C10H19NO3/c1-10(2,14)9(13)11-7-3-5-8(12)6-4-7/h7-8,12,14H,3-6H2,1-2H3,(H,11,13). The number of carbonyl (C=O) groups excluding carboxylic acids is 1. The summed E-state index contributed by atoms with van der Waals surface area (Å²) in [7, 11) is 0. The molecule has 4 heteroatoms. The molecule has 0 bridgehead atoms. The molecule has 0 atom stereocenters. The highest BCUT2D eigenvalue weighted by molar-refractivity contribution is 5.84. The minimum absolute atomic E-state index is 0.109. The van der Waals surface area contributed by atoms with Gasteiger partial charge in [-0.25, -0.2) is 0 Å². The zero-order valence-electron chi connectivity index (χ0n) is 8.79. The Morgan fingerprint density at radius 3 is 2.21 bits per heavy atom. The minimum atomic E-state index is -1.31. The Labute approximate surface area is 84.3 Å². The minimum Gasteiger partial charge on any atom is -0.393 e. The Morgan fingerprint density at radius 2 is 1.79 bits per heavy atom. The molecule has 14 heavy (non-hydrogen) atoms. The Bertz CT molecular complexity index is 202. The van der Waals surface area contributed by atoms with Crippen LogP contribution in [-0.2, 0) is 4.79 Å². The third-order valence-corrected chi connectivity index (χ3v) is 2.59. The second kappa shape index (κ2) is 4.28. The first-order valence-corrected chi connectivity index (χ1v) is 5.11. The van der Waals surface area contributed by atoms with Gasteiger partial charge in [-0.15, -0.1) is 0 Å². The van der Waals surface area contributed by atoms with Gasteiger partial charge < -0.3 is 15.5 Å². The summed E-state index contributed by atoms with van der Waals surface area (Å²) in [5.41, 5.74) is -1.31. The molecule has 0 unspecified atom stereocenters. The molecular weight excluding hydrogens is 182 g/mol. The molecule has 1 aliphatic rings. The van der Waals surface area contributed by atoms with Crippen LogP contribution >= 0.6 is 0 Å². The summed E-state index contributed by atoms with van der Waals surface area (Å²) in [6, 6.07) is 0.109. The maximum atomic E-state index is 11.4. The highest BCUT2D eigenvalue weighted by atomic mass is 16.3. The molecule has 0 spiro atoms. The van der Waals surface area contributed by atoms with Gasteiger partial charge in [0, 0.05) is 6.04 Å². The van der Waals surface area contributed by atoms with E-state index >= 15 is 0 Å². The van der Waals surface area contributed by atoms with Crippen LogP contribution < -0.4 is 5.32 Å². The van der Waals surface area contributed by atoms with Gasteiger partial charge in [0.05, 0.1) is 6.10 Å². The maximum Gasteiger partial charge on any atom is 0.251 e. The lowest BCUT2D eigenvalue weighted by atomic mass is 9.92. The molecule has 0 aromatic carbocycles. The van der Waals surface area contributed by atoms with Crippen molar-refractivity contribution in [3.8, 4) is 0 Å². The molecule has 1 saturated carbocycles. The van der Waals surface area contributed by atoms with Crippen molar-refractivity contribution in [2.45, 2.75) is 57.3 Å². The number of nitrogens with one attached hydrogen (secondary N) is 1. The van der Waals surface area contributed by atoms with E-state index in [1.54, 1.807) is 0 Å². The van der Waals surface area contributed by atoms with Gasteiger partial charge >= 0.3 is 0 Å². The van der Waals surface area contributed by atoms with Gasteiger partial charge in [0.1, 0.15) is 5.60 Å². The first kappa shape index (κ1) is 11.5. The fourth-order valence-corrected chi connectivity index (χ4v) is 1.58. The van der Waals surface area contributed by atoms with Gasteiger partial charge in [-0.1, -0.05) is 0 Å². The fourth-order valence-electron chi connectivity index (χ4n) is 1.58. The highest BCUT2D eigenvalue weighted by Crippen LogP contribution is 2.18. The average molecular weight is 201 g/mol. The van der Waals surface area contributed by atoms with Crippen molar-refractivity contribution in [1.82, 2.24) is 5.32 Å². The van der Waals surface area contributed by atoms with E-state index in [1.165, 1.54) is 13.8 Å². The Balaban J connectivity index is 2.35. The van der Waals surface area contributed by atoms with E-state index < -0.39 is 5.60 Å². The molecule has 0 aromatic heterocycles. The van der Waals surface area contributed by atoms with Gasteiger partial charge in [0.25, 0.3) is 5.91 Å². The summed E-state index contributed by atoms with van der Waals surface area (Å²) in [4.78, 5) is 11.4. The van der Waals surface area contributed by atoms with Crippen LogP contribution in [0, 0.1) is 0 Å². The zero-order chi connectivity index (χ0) is 10.8. The summed E-state index contributed by atoms with van der Waals surface area (Å²) in [6.07, 6.45) is 2.84. The van der Waals surface area contributed by atoms with E-state index in [0.29, 0.717) is 0 Å². The zero-order valence-corrected chi connectivity index (χ0v) is 8.79. The van der Waals surface area contributed by atoms with Gasteiger partial charge in [-0.2, -0.15) is 0 Å². The second-order valence-corrected chi connectivity index (χ2v) is 4.54. The lowest BCUT2D eigenvalue weighted by molar-refractivity contribution is -0.137. The third kappa shape index (κ3) is 3.27. The second-order valence-electron chi connectivity index (χ2n) is 4.54. The van der Waals surface area contributed by atoms with Crippen molar-refractivity contribution in [3.63, 3.8) is 0 Å². The SMILES string of the molecule is CC(C)(O)C(=O)NC1CCC(O)CC1. The number of hydrogen-bond donors (Lipinski definition) is 3. The Kier molecular flexibility index (Phi) is 3.50. The first-order valence-electron chi connectivity index (χ1n) is 5.11. The monoisotopic (exact) mass is 201 g/mol. The average Bonchev–Trinajstić information content (AvgIpc) is 2.07. The topological polar surface area (TPSA) is 69.6 Å². The highest BCUT2D eigenvalue weighted by Gasteiger charge is 2.27. The number of aliphatic hydroxyl groups is 2. The van der Waals surface area contributed by atoms with Crippen LogP contribution in [0.4, 0.5) is 0 Å². The van der Waals surface area contributed by atoms with Gasteiger partial charge in [-0.05, 0) is 39.5 Å². The molecule has 3 N–H and O–H groups in total. The predicted molar refractivity (Wildman–Crippen MR) is 52.7 cm³/mol. The summed E-state index contributed by atoms with van der Waals surface area (Å²) in [5, 5.41) is 21.4. The van der Waals surface area contributed by atoms with Crippen molar-refractivity contribution in [1.29, 1.82) is 0 Å². The smallest absolute Gasteiger partial charge is 0.251 e. The fraction of sp³-hybridized carbons (Fsp3) is 0.900. The Morgan fingerprint density at radius 1 is 1.29 bits per heavy atom. The largest absolute Gasteiger partial charge is 0.393 e. The molecule has 82 valence electrons. The summed E-state index contributed by atoms with van der Waals surface area (Å²) in [5.74, 6) is -0.334. The van der Waals surface area contributed by atoms with E-state index in [1.807, 2.05) is 0 Å². The van der Waals surface area contributed by atoms with Crippen molar-refractivity contribution >= 4 is 5.91 Å². The molecule has 0 aromatic rings. The van der Waals surface area contributed by atoms with Crippen LogP contribution in [0.25, 0.3) is 0 Å². The van der Waals surface area contributed by atoms with Gasteiger partial charge in [-0.3, -0.25) is 4.79 Å². The van der Waals surface area contributed by atoms with Crippen molar-refractivity contribution in [2.75, 3.05) is 0 Å². The van der Waals surface area contributed by atoms with E-state index in [4.69, 9.17) is 0 Å². The number of rotatable bonds is 2. The van der Waals surface area contributed by atoms with Crippen LogP contribution in [-0.4, -0.2) is 33.9 Å². The molecule has 1 rings (SSSR count). The summed E-state index contributed by atoms with van der Waals surface area (Å²) in [6.45, 7) is 2.94. The molecule has 0 aliphatic heterocycles. The lowest BCUT2D eigenvalue weighted by Gasteiger charge is -2.28. The van der Waals surface area contributed by atoms with Crippen LogP contribution in [0.15, 0.2) is 0 Å². The molecule has 0 heterocycles. The third-order valence-electron chi connectivity index (χ3n) is 2.59. The van der Waals surface area contributed by atoms with Crippen LogP contribution in [0.1, 0.15) is 39.5 Å². The van der Waals surface area contributed by atoms with Crippen molar-refractivity contribution < 1.29 is 15.0 Å². The molecule has 1 fully saturated rings. The first-order chi connectivity index (χ1) is 6.39. The van der Waals surface area contributed by atoms with E-state index in [-0.39, 0.29) is 18.1 Å². The van der Waals surface area contributed by atoms with Crippen LogP contribution in [0.3, 0.4) is 0 Å². The molecular formula is C10H19NO3. The lowest BCUT2D eigenvalue weighted by Crippen LogP contribution is -2.48. The number of hydrogen-bond acceptors (Lipinski definition) is 3. The molecule has 0 radical (unpaired) electrons. The van der Waals surface area contributed by atoms with E-state index in [2.05, 4.69) is 5.32 Å². The molecule has 0 saturated heterocycles. The van der Waals surface area contributed by atoms with Crippen molar-refractivity contribution in [3.05, 3.63) is 0 Å². The number of amides is 1. The van der Waals surface area contributed by atoms with E-state index in [9.17, 15) is 15.0 Å². The predicted octanol–water partition coefficient (Wildman–Crippen LogP) is 0.177. The van der Waals surface area contributed by atoms with Gasteiger partial charge in [0.2, 0.25) is 0 Å². The van der Waals surface area contributed by atoms with Crippen molar-refractivity contribution in [2.24, 2.45) is 0 Å². The molecule has 4 nitrogen and oxygen atoms in total. The number of carbonyl (C=O) groups is 1. The van der Waals surface area contributed by atoms with E-state index in [0.717, 1.165) is 25.7 Å².